The summed E-state index contributed by atoms with van der Waals surface area (Å²) in [6, 6.07) is 12.6. The molecule has 0 radical (unpaired) electrons. The molecule has 7 heteroatoms. The normalized spacial score (nSPS) is 15.3. The van der Waals surface area contributed by atoms with Gasteiger partial charge in [-0.05, 0) is 51.9 Å². The maximum Gasteiger partial charge on any atom is 0.329 e. The lowest BCUT2D eigenvalue weighted by Crippen LogP contribution is -2.30. The zero-order chi connectivity index (χ0) is 18.7. The number of imide groups is 1. The molecule has 0 aromatic heterocycles. The molecule has 1 aliphatic heterocycles. The van der Waals surface area contributed by atoms with Crippen LogP contribution in [-0.4, -0.2) is 31.1 Å². The van der Waals surface area contributed by atoms with Gasteiger partial charge in [-0.2, -0.15) is 0 Å². The monoisotopic (exact) mass is 464 g/mol. The summed E-state index contributed by atoms with van der Waals surface area (Å²) in [4.78, 5) is 26.0. The van der Waals surface area contributed by atoms with Gasteiger partial charge in [-0.1, -0.05) is 30.3 Å². The van der Waals surface area contributed by atoms with Crippen LogP contribution in [-0.2, 0) is 11.3 Å². The number of amides is 3. The van der Waals surface area contributed by atoms with Crippen LogP contribution in [0, 0.1) is 3.57 Å². The molecular formula is C19H17IN2O4. The molecule has 3 rings (SSSR count). The first-order chi connectivity index (χ1) is 12.5. The van der Waals surface area contributed by atoms with Crippen LogP contribution in [0.15, 0.2) is 48.2 Å². The van der Waals surface area contributed by atoms with E-state index in [1.165, 1.54) is 4.90 Å². The van der Waals surface area contributed by atoms with Crippen LogP contribution in [0.25, 0.3) is 6.08 Å². The van der Waals surface area contributed by atoms with Gasteiger partial charge in [0.15, 0.2) is 11.5 Å². The quantitative estimate of drug-likeness (QED) is 0.419. The van der Waals surface area contributed by atoms with Gasteiger partial charge in [-0.15, -0.1) is 0 Å². The van der Waals surface area contributed by atoms with Crippen LogP contribution in [0.2, 0.25) is 0 Å². The Kier molecular flexibility index (Phi) is 5.46. The molecule has 1 fully saturated rings. The van der Waals surface area contributed by atoms with E-state index in [0.29, 0.717) is 11.5 Å². The molecule has 0 bridgehead atoms. The first kappa shape index (κ1) is 18.2. The highest BCUT2D eigenvalue weighted by Gasteiger charge is 2.33. The summed E-state index contributed by atoms with van der Waals surface area (Å²) in [6.45, 7) is 0.228. The van der Waals surface area contributed by atoms with Crippen molar-refractivity contribution in [2.45, 2.75) is 6.54 Å². The standard InChI is InChI=1S/C19H17IN2O4/c1-25-16-10-13(8-14(20)17(16)26-2)9-15-18(23)22(19(24)21-15)11-12-6-4-3-5-7-12/h3-10H,11H2,1-2H3,(H,21,24)/b15-9+. The number of hydrogen-bond acceptors (Lipinski definition) is 4. The lowest BCUT2D eigenvalue weighted by Gasteiger charge is -2.11. The molecule has 2 aromatic rings. The highest BCUT2D eigenvalue weighted by atomic mass is 127. The lowest BCUT2D eigenvalue weighted by atomic mass is 10.1. The van der Waals surface area contributed by atoms with Gasteiger partial charge in [0.2, 0.25) is 0 Å². The topological polar surface area (TPSA) is 67.9 Å². The fourth-order valence-corrected chi connectivity index (χ4v) is 3.51. The molecule has 1 N–H and O–H groups in total. The van der Waals surface area contributed by atoms with Crippen LogP contribution in [0.5, 0.6) is 11.5 Å². The Morgan fingerprint density at radius 1 is 1.12 bits per heavy atom. The third-order valence-corrected chi connectivity index (χ3v) is 4.71. The SMILES string of the molecule is COc1cc(/C=C2/NC(=O)N(Cc3ccccc3)C2=O)cc(I)c1OC. The van der Waals surface area contributed by atoms with E-state index in [2.05, 4.69) is 27.9 Å². The number of rotatable bonds is 5. The predicted octanol–water partition coefficient (Wildman–Crippen LogP) is 3.40. The Balaban J connectivity index is 1.87. The summed E-state index contributed by atoms with van der Waals surface area (Å²) in [6.07, 6.45) is 1.63. The van der Waals surface area contributed by atoms with Crippen molar-refractivity contribution in [1.29, 1.82) is 0 Å². The van der Waals surface area contributed by atoms with Crippen LogP contribution < -0.4 is 14.8 Å². The number of ether oxygens (including phenoxy) is 2. The number of methoxy groups -OCH3 is 2. The Labute approximate surface area is 164 Å². The fraction of sp³-hybridized carbons (Fsp3) is 0.158. The molecule has 134 valence electrons. The van der Waals surface area contributed by atoms with Crippen molar-refractivity contribution < 1.29 is 19.1 Å². The van der Waals surface area contributed by atoms with Gasteiger partial charge in [0.25, 0.3) is 5.91 Å². The van der Waals surface area contributed by atoms with Crippen molar-refractivity contribution in [3.63, 3.8) is 0 Å². The summed E-state index contributed by atoms with van der Waals surface area (Å²) < 4.78 is 11.5. The molecule has 1 heterocycles. The van der Waals surface area contributed by atoms with Crippen molar-refractivity contribution in [2.24, 2.45) is 0 Å². The smallest absolute Gasteiger partial charge is 0.329 e. The third-order valence-electron chi connectivity index (χ3n) is 3.91. The average Bonchev–Trinajstić information content (AvgIpc) is 2.89. The number of halogens is 1. The zero-order valence-electron chi connectivity index (χ0n) is 14.3. The number of hydrogen-bond donors (Lipinski definition) is 1. The lowest BCUT2D eigenvalue weighted by molar-refractivity contribution is -0.123. The Bertz CT molecular complexity index is 881. The molecule has 0 aliphatic carbocycles. The number of nitrogens with one attached hydrogen (secondary N) is 1. The molecule has 3 amide bonds. The minimum absolute atomic E-state index is 0.228. The summed E-state index contributed by atoms with van der Waals surface area (Å²) >= 11 is 2.13. The van der Waals surface area contributed by atoms with Crippen LogP contribution in [0.4, 0.5) is 4.79 Å². The molecule has 2 aromatic carbocycles. The minimum atomic E-state index is -0.430. The molecule has 0 unspecified atom stereocenters. The van der Waals surface area contributed by atoms with E-state index in [4.69, 9.17) is 9.47 Å². The number of nitrogens with zero attached hydrogens (tertiary/aromatic N) is 1. The van der Waals surface area contributed by atoms with Crippen molar-refractivity contribution in [3.05, 3.63) is 62.9 Å². The van der Waals surface area contributed by atoms with Gasteiger partial charge in [0.05, 0.1) is 24.3 Å². The van der Waals surface area contributed by atoms with Gasteiger partial charge in [-0.25, -0.2) is 4.79 Å². The summed E-state index contributed by atoms with van der Waals surface area (Å²) in [7, 11) is 3.12. The predicted molar refractivity (Wildman–Crippen MR) is 106 cm³/mol. The van der Waals surface area contributed by atoms with Crippen LogP contribution in [0.3, 0.4) is 0 Å². The Morgan fingerprint density at radius 2 is 1.85 bits per heavy atom. The van der Waals surface area contributed by atoms with Crippen molar-refractivity contribution >= 4 is 40.6 Å². The van der Waals surface area contributed by atoms with E-state index in [-0.39, 0.29) is 18.1 Å². The number of carbonyl (C=O) groups is 2. The van der Waals surface area contributed by atoms with E-state index in [9.17, 15) is 9.59 Å². The number of carbonyl (C=O) groups excluding carboxylic acids is 2. The van der Waals surface area contributed by atoms with E-state index in [1.807, 2.05) is 36.4 Å². The van der Waals surface area contributed by atoms with Crippen molar-refractivity contribution in [2.75, 3.05) is 14.2 Å². The second-order valence-corrected chi connectivity index (χ2v) is 6.77. The highest BCUT2D eigenvalue weighted by Crippen LogP contribution is 2.34. The highest BCUT2D eigenvalue weighted by molar-refractivity contribution is 14.1. The molecule has 1 saturated heterocycles. The summed E-state index contributed by atoms with van der Waals surface area (Å²) in [5.74, 6) is 0.829. The van der Waals surface area contributed by atoms with Crippen molar-refractivity contribution in [3.8, 4) is 11.5 Å². The average molecular weight is 464 g/mol. The summed E-state index contributed by atoms with van der Waals surface area (Å²) in [5, 5.41) is 2.63. The van der Waals surface area contributed by atoms with Gasteiger partial charge in [-0.3, -0.25) is 9.69 Å². The second-order valence-electron chi connectivity index (χ2n) is 5.60. The number of benzene rings is 2. The van der Waals surface area contributed by atoms with E-state index in [1.54, 1.807) is 26.4 Å². The van der Waals surface area contributed by atoms with Gasteiger partial charge in [0.1, 0.15) is 5.70 Å². The largest absolute Gasteiger partial charge is 0.493 e. The van der Waals surface area contributed by atoms with Crippen molar-refractivity contribution in [1.82, 2.24) is 10.2 Å². The molecule has 26 heavy (non-hydrogen) atoms. The maximum atomic E-state index is 12.6. The fourth-order valence-electron chi connectivity index (χ4n) is 2.67. The molecule has 6 nitrogen and oxygen atoms in total. The van der Waals surface area contributed by atoms with Gasteiger partial charge in [0, 0.05) is 0 Å². The molecule has 0 spiro atoms. The van der Waals surface area contributed by atoms with E-state index < -0.39 is 6.03 Å². The minimum Gasteiger partial charge on any atom is -0.493 e. The molecular weight excluding hydrogens is 447 g/mol. The summed E-state index contributed by atoms with van der Waals surface area (Å²) in [5.41, 5.74) is 1.85. The molecule has 0 atom stereocenters. The van der Waals surface area contributed by atoms with E-state index in [0.717, 1.165) is 14.7 Å². The second kappa shape index (κ2) is 7.77. The third kappa shape index (κ3) is 3.67. The molecule has 0 saturated carbocycles. The van der Waals surface area contributed by atoms with Gasteiger partial charge >= 0.3 is 6.03 Å². The first-order valence-electron chi connectivity index (χ1n) is 7.83. The zero-order valence-corrected chi connectivity index (χ0v) is 16.4. The first-order valence-corrected chi connectivity index (χ1v) is 8.91. The number of urea groups is 1. The Morgan fingerprint density at radius 3 is 2.50 bits per heavy atom. The van der Waals surface area contributed by atoms with Crippen LogP contribution in [0.1, 0.15) is 11.1 Å². The van der Waals surface area contributed by atoms with Gasteiger partial charge < -0.3 is 14.8 Å². The van der Waals surface area contributed by atoms with Crippen LogP contribution >= 0.6 is 22.6 Å². The maximum absolute atomic E-state index is 12.6. The van der Waals surface area contributed by atoms with E-state index >= 15 is 0 Å². The molecule has 1 aliphatic rings. The Hall–Kier alpha value is -2.55.